The summed E-state index contributed by atoms with van der Waals surface area (Å²) in [5.41, 5.74) is 7.36. The first-order valence-electron chi connectivity index (χ1n) is 11.9. The predicted molar refractivity (Wildman–Crippen MR) is 132 cm³/mol. The number of nitrogens with one attached hydrogen (secondary N) is 1. The first-order chi connectivity index (χ1) is 15.7. The first-order valence-corrected chi connectivity index (χ1v) is 12.3. The van der Waals surface area contributed by atoms with Crippen molar-refractivity contribution in [2.45, 2.75) is 51.5 Å². The summed E-state index contributed by atoms with van der Waals surface area (Å²) in [4.78, 5) is 9.09. The van der Waals surface area contributed by atoms with Gasteiger partial charge in [-0.25, -0.2) is 0 Å². The van der Waals surface area contributed by atoms with Gasteiger partial charge in [0.2, 0.25) is 11.9 Å². The monoisotopic (exact) mass is 457 g/mol. The van der Waals surface area contributed by atoms with Crippen molar-refractivity contribution in [1.82, 2.24) is 25.0 Å². The molecule has 2 fully saturated rings. The fourth-order valence-corrected chi connectivity index (χ4v) is 4.57. The molecule has 0 atom stereocenters. The summed E-state index contributed by atoms with van der Waals surface area (Å²) < 4.78 is 7.48. The van der Waals surface area contributed by atoms with Gasteiger partial charge in [-0.1, -0.05) is 18.6 Å². The highest BCUT2D eigenvalue weighted by molar-refractivity contribution is 7.80. The lowest BCUT2D eigenvalue weighted by atomic mass is 10.1. The lowest BCUT2D eigenvalue weighted by Crippen LogP contribution is -2.33. The van der Waals surface area contributed by atoms with Crippen LogP contribution in [0.2, 0.25) is 0 Å². The molecule has 1 aromatic carbocycles. The maximum atomic E-state index is 6.04. The summed E-state index contributed by atoms with van der Waals surface area (Å²) in [6.45, 7) is 6.66. The summed E-state index contributed by atoms with van der Waals surface area (Å²) >= 11 is 5.47. The fraction of sp³-hybridized carbons (Fsp3) is 0.609. The lowest BCUT2D eigenvalue weighted by Gasteiger charge is -2.26. The van der Waals surface area contributed by atoms with E-state index >= 15 is 0 Å². The molecule has 2 aliphatic rings. The number of nitrogen functional groups attached to an aromatic ring is 1. The molecule has 8 nitrogen and oxygen atoms in total. The number of hydrogen-bond acceptors (Lipinski definition) is 7. The van der Waals surface area contributed by atoms with Crippen LogP contribution in [0.3, 0.4) is 0 Å². The number of anilines is 2. The number of likely N-dealkylation sites (tertiary alicyclic amines) is 1. The lowest BCUT2D eigenvalue weighted by molar-refractivity contribution is 0.220. The van der Waals surface area contributed by atoms with Crippen LogP contribution in [-0.2, 0) is 6.54 Å². The van der Waals surface area contributed by atoms with E-state index in [2.05, 4.69) is 43.4 Å². The molecule has 2 aliphatic heterocycles. The van der Waals surface area contributed by atoms with Gasteiger partial charge in [0.15, 0.2) is 5.11 Å². The molecule has 0 radical (unpaired) electrons. The van der Waals surface area contributed by atoms with E-state index in [1.807, 2.05) is 6.07 Å². The maximum Gasteiger partial charge on any atom is 0.247 e. The topological polar surface area (TPSA) is 84.5 Å². The van der Waals surface area contributed by atoms with E-state index in [1.165, 1.54) is 49.0 Å². The van der Waals surface area contributed by atoms with Crippen LogP contribution in [0.4, 0.5) is 11.9 Å². The SMILES string of the molecule is Nc1nc(N2CCCCC2)nn1C(=S)NCCCOc1cccc(CN2CCCCC2)c1. The Bertz CT molecular complexity index is 875. The van der Waals surface area contributed by atoms with E-state index in [0.717, 1.165) is 44.6 Å². The minimum atomic E-state index is 0.324. The zero-order valence-corrected chi connectivity index (χ0v) is 19.7. The second kappa shape index (κ2) is 11.5. The fourth-order valence-electron chi connectivity index (χ4n) is 4.33. The van der Waals surface area contributed by atoms with Crippen LogP contribution in [0, 0.1) is 0 Å². The molecule has 0 saturated carbocycles. The van der Waals surface area contributed by atoms with Crippen molar-refractivity contribution < 1.29 is 4.74 Å². The number of nitrogens with zero attached hydrogens (tertiary/aromatic N) is 5. The molecule has 9 heteroatoms. The minimum absolute atomic E-state index is 0.324. The van der Waals surface area contributed by atoms with E-state index in [1.54, 1.807) is 0 Å². The largest absolute Gasteiger partial charge is 0.494 e. The Morgan fingerprint density at radius 1 is 1.06 bits per heavy atom. The Morgan fingerprint density at radius 2 is 1.81 bits per heavy atom. The van der Waals surface area contributed by atoms with E-state index in [0.29, 0.717) is 30.2 Å². The van der Waals surface area contributed by atoms with Crippen LogP contribution in [-0.4, -0.2) is 64.1 Å². The van der Waals surface area contributed by atoms with Crippen molar-refractivity contribution in [3.8, 4) is 5.75 Å². The molecule has 2 aromatic rings. The van der Waals surface area contributed by atoms with Crippen LogP contribution in [0.15, 0.2) is 24.3 Å². The van der Waals surface area contributed by atoms with Gasteiger partial charge in [-0.15, -0.1) is 5.10 Å². The molecule has 0 bridgehead atoms. The molecule has 0 amide bonds. The van der Waals surface area contributed by atoms with Crippen LogP contribution in [0.25, 0.3) is 0 Å². The summed E-state index contributed by atoms with van der Waals surface area (Å²) in [5.74, 6) is 1.91. The predicted octanol–water partition coefficient (Wildman–Crippen LogP) is 3.03. The van der Waals surface area contributed by atoms with Gasteiger partial charge in [0.25, 0.3) is 0 Å². The Morgan fingerprint density at radius 3 is 2.59 bits per heavy atom. The van der Waals surface area contributed by atoms with Gasteiger partial charge in [0.05, 0.1) is 6.61 Å². The van der Waals surface area contributed by atoms with Crippen molar-refractivity contribution in [3.05, 3.63) is 29.8 Å². The molecular weight excluding hydrogens is 422 g/mol. The summed E-state index contributed by atoms with van der Waals surface area (Å²) in [7, 11) is 0. The van der Waals surface area contributed by atoms with E-state index in [9.17, 15) is 0 Å². The van der Waals surface area contributed by atoms with Gasteiger partial charge in [-0.3, -0.25) is 4.90 Å². The smallest absolute Gasteiger partial charge is 0.247 e. The second-order valence-corrected chi connectivity index (χ2v) is 9.03. The number of aromatic nitrogens is 3. The van der Waals surface area contributed by atoms with Crippen molar-refractivity contribution in [3.63, 3.8) is 0 Å². The molecule has 32 heavy (non-hydrogen) atoms. The number of thiocarbonyl (C=S) groups is 1. The molecule has 174 valence electrons. The number of hydrogen-bond donors (Lipinski definition) is 2. The van der Waals surface area contributed by atoms with E-state index in [-0.39, 0.29) is 0 Å². The third-order valence-corrected chi connectivity index (χ3v) is 6.39. The van der Waals surface area contributed by atoms with Crippen LogP contribution < -0.4 is 20.7 Å². The Labute approximate surface area is 196 Å². The van der Waals surface area contributed by atoms with Crippen molar-refractivity contribution in [2.24, 2.45) is 0 Å². The first kappa shape index (κ1) is 22.8. The minimum Gasteiger partial charge on any atom is -0.494 e. The van der Waals surface area contributed by atoms with Crippen molar-refractivity contribution in [1.29, 1.82) is 0 Å². The molecule has 0 unspecified atom stereocenters. The molecule has 3 N–H and O–H groups in total. The average molecular weight is 458 g/mol. The highest BCUT2D eigenvalue weighted by Gasteiger charge is 2.18. The van der Waals surface area contributed by atoms with Gasteiger partial charge in [0.1, 0.15) is 5.75 Å². The molecule has 2 saturated heterocycles. The quantitative estimate of drug-likeness (QED) is 0.462. The Kier molecular flexibility index (Phi) is 8.17. The molecule has 0 spiro atoms. The zero-order chi connectivity index (χ0) is 22.2. The van der Waals surface area contributed by atoms with Crippen molar-refractivity contribution >= 4 is 29.2 Å². The molecule has 1 aromatic heterocycles. The third-order valence-electron chi connectivity index (χ3n) is 6.07. The maximum absolute atomic E-state index is 6.04. The number of piperidine rings is 2. The molecular formula is C23H35N7OS. The Balaban J connectivity index is 1.18. The number of rotatable bonds is 8. The summed E-state index contributed by atoms with van der Waals surface area (Å²) in [5, 5.41) is 8.19. The van der Waals surface area contributed by atoms with Crippen LogP contribution in [0.5, 0.6) is 5.75 Å². The third kappa shape index (κ3) is 6.32. The number of benzene rings is 1. The standard InChI is InChI=1S/C23H35N7OS/c24-21-26-22(29-14-5-2-6-15-29)27-30(21)23(32)25-11-8-16-31-20-10-7-9-19(17-20)18-28-12-3-1-4-13-28/h7,9-10,17H,1-6,8,11-16,18H2,(H,25,32)(H2,24,26,27). The average Bonchev–Trinajstić information content (AvgIpc) is 3.22. The molecule has 4 rings (SSSR count). The highest BCUT2D eigenvalue weighted by atomic mass is 32.1. The van der Waals surface area contributed by atoms with Gasteiger partial charge < -0.3 is 20.7 Å². The number of nitrogens with two attached hydrogens (primary N) is 1. The van der Waals surface area contributed by atoms with Gasteiger partial charge >= 0.3 is 0 Å². The van der Waals surface area contributed by atoms with Gasteiger partial charge in [-0.2, -0.15) is 9.67 Å². The normalized spacial score (nSPS) is 17.3. The van der Waals surface area contributed by atoms with E-state index in [4.69, 9.17) is 22.7 Å². The van der Waals surface area contributed by atoms with Crippen LogP contribution in [0.1, 0.15) is 50.5 Å². The zero-order valence-electron chi connectivity index (χ0n) is 18.8. The molecule has 0 aliphatic carbocycles. The number of ether oxygens (including phenoxy) is 1. The van der Waals surface area contributed by atoms with Gasteiger partial charge in [-0.05, 0) is 81.5 Å². The van der Waals surface area contributed by atoms with Crippen LogP contribution >= 0.6 is 12.2 Å². The van der Waals surface area contributed by atoms with E-state index < -0.39 is 0 Å². The summed E-state index contributed by atoms with van der Waals surface area (Å²) in [6, 6.07) is 8.44. The molecule has 3 heterocycles. The van der Waals surface area contributed by atoms with Gasteiger partial charge in [0, 0.05) is 26.2 Å². The van der Waals surface area contributed by atoms with Crippen molar-refractivity contribution in [2.75, 3.05) is 50.0 Å². The highest BCUT2D eigenvalue weighted by Crippen LogP contribution is 2.18. The Hall–Kier alpha value is -2.39. The summed E-state index contributed by atoms with van der Waals surface area (Å²) in [6.07, 6.45) is 8.40. The second-order valence-electron chi connectivity index (χ2n) is 8.65.